The summed E-state index contributed by atoms with van der Waals surface area (Å²) in [6.45, 7) is 6.41. The molecule has 0 heterocycles. The monoisotopic (exact) mass is 238 g/mol. The van der Waals surface area contributed by atoms with Gasteiger partial charge in [-0.05, 0) is 26.0 Å². The van der Waals surface area contributed by atoms with Crippen LogP contribution in [0, 0.1) is 0 Å². The average molecular weight is 238 g/mol. The Labute approximate surface area is 103 Å². The lowest BCUT2D eigenvalue weighted by atomic mass is 10.3. The van der Waals surface area contributed by atoms with E-state index in [2.05, 4.69) is 18.7 Å². The molecule has 4 heteroatoms. The number of para-hydroxylation sites is 2. The summed E-state index contributed by atoms with van der Waals surface area (Å²) in [7, 11) is 0. The second-order valence-electron chi connectivity index (χ2n) is 4.24. The van der Waals surface area contributed by atoms with Gasteiger partial charge in [-0.25, -0.2) is 0 Å². The van der Waals surface area contributed by atoms with E-state index in [1.807, 2.05) is 24.3 Å². The fourth-order valence-electron chi connectivity index (χ4n) is 1.64. The Morgan fingerprint density at radius 2 is 2.00 bits per heavy atom. The summed E-state index contributed by atoms with van der Waals surface area (Å²) in [4.78, 5) is 2.17. The lowest BCUT2D eigenvalue weighted by Gasteiger charge is -2.25. The summed E-state index contributed by atoms with van der Waals surface area (Å²) in [6.07, 6.45) is 0. The van der Waals surface area contributed by atoms with Crippen LogP contribution in [-0.2, 0) is 0 Å². The summed E-state index contributed by atoms with van der Waals surface area (Å²) < 4.78 is 5.62. The second-order valence-corrected chi connectivity index (χ2v) is 4.24. The molecule has 17 heavy (non-hydrogen) atoms. The van der Waals surface area contributed by atoms with E-state index < -0.39 is 0 Å². The van der Waals surface area contributed by atoms with Crippen molar-refractivity contribution < 1.29 is 9.84 Å². The highest BCUT2D eigenvalue weighted by atomic mass is 16.5. The summed E-state index contributed by atoms with van der Waals surface area (Å²) in [5.74, 6) is 0.722. The summed E-state index contributed by atoms with van der Waals surface area (Å²) in [5.41, 5.74) is 6.44. The zero-order valence-corrected chi connectivity index (χ0v) is 10.6. The zero-order chi connectivity index (χ0) is 12.7. The van der Waals surface area contributed by atoms with Crippen LogP contribution in [0.15, 0.2) is 24.3 Å². The van der Waals surface area contributed by atoms with E-state index in [4.69, 9.17) is 15.6 Å². The molecule has 1 aromatic carbocycles. The van der Waals surface area contributed by atoms with E-state index in [0.29, 0.717) is 24.9 Å². The van der Waals surface area contributed by atoms with Crippen molar-refractivity contribution >= 4 is 5.69 Å². The molecule has 0 saturated carbocycles. The normalized spacial score (nSPS) is 11.1. The molecule has 0 radical (unpaired) electrons. The van der Waals surface area contributed by atoms with Gasteiger partial charge in [0.1, 0.15) is 12.4 Å². The van der Waals surface area contributed by atoms with Gasteiger partial charge < -0.3 is 15.6 Å². The predicted octanol–water partition coefficient (Wildman–Crippen LogP) is 1.35. The number of aliphatic hydroxyl groups is 1. The van der Waals surface area contributed by atoms with Gasteiger partial charge in [0.05, 0.1) is 12.3 Å². The fourth-order valence-corrected chi connectivity index (χ4v) is 1.64. The summed E-state index contributed by atoms with van der Waals surface area (Å²) in [6, 6.07) is 7.87. The van der Waals surface area contributed by atoms with E-state index in [9.17, 15) is 0 Å². The molecular weight excluding hydrogens is 216 g/mol. The number of hydrogen-bond donors (Lipinski definition) is 2. The van der Waals surface area contributed by atoms with Crippen LogP contribution in [0.5, 0.6) is 5.75 Å². The number of ether oxygens (including phenoxy) is 1. The average Bonchev–Trinajstić information content (AvgIpc) is 2.30. The summed E-state index contributed by atoms with van der Waals surface area (Å²) >= 11 is 0. The van der Waals surface area contributed by atoms with Crippen LogP contribution < -0.4 is 10.5 Å². The van der Waals surface area contributed by atoms with E-state index >= 15 is 0 Å². The van der Waals surface area contributed by atoms with Crippen molar-refractivity contribution in [2.45, 2.75) is 19.9 Å². The van der Waals surface area contributed by atoms with Crippen LogP contribution in [0.25, 0.3) is 0 Å². The minimum atomic E-state index is 0.172. The first-order valence-corrected chi connectivity index (χ1v) is 5.97. The van der Waals surface area contributed by atoms with E-state index in [1.165, 1.54) is 0 Å². The van der Waals surface area contributed by atoms with Gasteiger partial charge in [0.15, 0.2) is 0 Å². The number of nitrogens with two attached hydrogens (primary N) is 1. The van der Waals surface area contributed by atoms with Crippen LogP contribution in [-0.4, -0.2) is 42.4 Å². The third-order valence-electron chi connectivity index (χ3n) is 2.67. The van der Waals surface area contributed by atoms with Gasteiger partial charge >= 0.3 is 0 Å². The number of nitrogens with zero attached hydrogens (tertiary/aromatic N) is 1. The van der Waals surface area contributed by atoms with Gasteiger partial charge in [-0.2, -0.15) is 0 Å². The lowest BCUT2D eigenvalue weighted by molar-refractivity contribution is 0.142. The van der Waals surface area contributed by atoms with E-state index in [-0.39, 0.29) is 6.61 Å². The van der Waals surface area contributed by atoms with Crippen LogP contribution in [0.4, 0.5) is 5.69 Å². The highest BCUT2D eigenvalue weighted by Gasteiger charge is 2.08. The Balaban J connectivity index is 2.38. The first-order chi connectivity index (χ1) is 8.15. The number of hydrogen-bond acceptors (Lipinski definition) is 4. The third-order valence-corrected chi connectivity index (χ3v) is 2.67. The van der Waals surface area contributed by atoms with Crippen LogP contribution in [0.3, 0.4) is 0 Å². The minimum Gasteiger partial charge on any atom is -0.490 e. The quantitative estimate of drug-likeness (QED) is 0.704. The predicted molar refractivity (Wildman–Crippen MR) is 70.1 cm³/mol. The molecule has 4 nitrogen and oxygen atoms in total. The molecule has 0 aliphatic rings. The topological polar surface area (TPSA) is 58.7 Å². The molecule has 0 aliphatic heterocycles. The molecule has 0 atom stereocenters. The van der Waals surface area contributed by atoms with Crippen LogP contribution in [0.2, 0.25) is 0 Å². The van der Waals surface area contributed by atoms with Gasteiger partial charge in [0.2, 0.25) is 0 Å². The third kappa shape index (κ3) is 4.63. The molecule has 0 spiro atoms. The molecule has 96 valence electrons. The Morgan fingerprint density at radius 3 is 2.59 bits per heavy atom. The van der Waals surface area contributed by atoms with Crippen molar-refractivity contribution in [1.29, 1.82) is 0 Å². The van der Waals surface area contributed by atoms with Crippen molar-refractivity contribution in [2.75, 3.05) is 32.0 Å². The Morgan fingerprint density at radius 1 is 1.29 bits per heavy atom. The van der Waals surface area contributed by atoms with Crippen LogP contribution >= 0.6 is 0 Å². The Hall–Kier alpha value is -1.26. The molecule has 0 aliphatic carbocycles. The minimum absolute atomic E-state index is 0.172. The number of benzene rings is 1. The van der Waals surface area contributed by atoms with E-state index in [1.54, 1.807) is 0 Å². The fraction of sp³-hybridized carbons (Fsp3) is 0.538. The molecule has 0 unspecified atom stereocenters. The zero-order valence-electron chi connectivity index (χ0n) is 10.6. The van der Waals surface area contributed by atoms with Gasteiger partial charge in [-0.3, -0.25) is 4.90 Å². The number of aliphatic hydroxyl groups excluding tert-OH is 1. The van der Waals surface area contributed by atoms with E-state index in [0.717, 1.165) is 12.3 Å². The molecule has 1 rings (SSSR count). The maximum absolute atomic E-state index is 8.94. The maximum atomic E-state index is 8.94. The number of rotatable bonds is 7. The smallest absolute Gasteiger partial charge is 0.142 e. The molecule has 0 saturated heterocycles. The van der Waals surface area contributed by atoms with Gasteiger partial charge in [0, 0.05) is 19.1 Å². The van der Waals surface area contributed by atoms with Gasteiger partial charge in [-0.1, -0.05) is 12.1 Å². The maximum Gasteiger partial charge on any atom is 0.142 e. The Bertz CT molecular complexity index is 329. The molecular formula is C13H22N2O2. The van der Waals surface area contributed by atoms with Crippen molar-refractivity contribution in [3.8, 4) is 5.75 Å². The first kappa shape index (κ1) is 13.8. The molecule has 3 N–H and O–H groups in total. The molecule has 0 bridgehead atoms. The number of anilines is 1. The standard InChI is InChI=1S/C13H22N2O2/c1-11(2)15(7-9-16)8-10-17-13-6-4-3-5-12(13)14/h3-6,11,16H,7-10,14H2,1-2H3. The first-order valence-electron chi connectivity index (χ1n) is 5.97. The van der Waals surface area contributed by atoms with Crippen molar-refractivity contribution in [3.05, 3.63) is 24.3 Å². The summed E-state index contributed by atoms with van der Waals surface area (Å²) in [5, 5.41) is 8.94. The largest absolute Gasteiger partial charge is 0.490 e. The van der Waals surface area contributed by atoms with Crippen LogP contribution in [0.1, 0.15) is 13.8 Å². The SMILES string of the molecule is CC(C)N(CCO)CCOc1ccccc1N. The van der Waals surface area contributed by atoms with Crippen molar-refractivity contribution in [2.24, 2.45) is 0 Å². The lowest BCUT2D eigenvalue weighted by Crippen LogP contribution is -2.36. The highest BCUT2D eigenvalue weighted by molar-refractivity contribution is 5.51. The molecule has 0 aromatic heterocycles. The highest BCUT2D eigenvalue weighted by Crippen LogP contribution is 2.19. The van der Waals surface area contributed by atoms with Crippen molar-refractivity contribution in [1.82, 2.24) is 4.90 Å². The molecule has 0 amide bonds. The Kier molecular flexibility index (Phi) is 5.80. The van der Waals surface area contributed by atoms with Gasteiger partial charge in [0.25, 0.3) is 0 Å². The van der Waals surface area contributed by atoms with Gasteiger partial charge in [-0.15, -0.1) is 0 Å². The number of nitrogen functional groups attached to an aromatic ring is 1. The molecule has 1 aromatic rings. The van der Waals surface area contributed by atoms with Crippen molar-refractivity contribution in [3.63, 3.8) is 0 Å². The second kappa shape index (κ2) is 7.14. The molecule has 0 fully saturated rings.